The smallest absolute Gasteiger partial charge is 0.0399 e. The van der Waals surface area contributed by atoms with Crippen LogP contribution in [0.4, 0.5) is 0 Å². The first kappa shape index (κ1) is 14.1. The van der Waals surface area contributed by atoms with Gasteiger partial charge in [-0.15, -0.1) is 12.8 Å². The van der Waals surface area contributed by atoms with Gasteiger partial charge in [0.05, 0.1) is 0 Å². The predicted octanol–water partition coefficient (Wildman–Crippen LogP) is 5.62. The van der Waals surface area contributed by atoms with E-state index in [-0.39, 0.29) is 0 Å². The van der Waals surface area contributed by atoms with Gasteiger partial charge in [-0.2, -0.15) is 0 Å². The van der Waals surface area contributed by atoms with E-state index >= 15 is 0 Å². The van der Waals surface area contributed by atoms with Crippen molar-refractivity contribution in [3.63, 3.8) is 0 Å². The van der Waals surface area contributed by atoms with Crippen LogP contribution in [0, 0.1) is 24.7 Å². The molecule has 0 aliphatic carbocycles. The van der Waals surface area contributed by atoms with Crippen molar-refractivity contribution in [1.82, 2.24) is 0 Å². The second-order valence-corrected chi connectivity index (χ2v) is 5.71. The average molecular weight is 302 g/mol. The normalized spacial score (nSPS) is 10.4. The molecule has 0 N–H and O–H groups in total. The predicted molar refractivity (Wildman–Crippen MR) is 103 cm³/mol. The Kier molecular flexibility index (Phi) is 3.31. The van der Waals surface area contributed by atoms with Crippen molar-refractivity contribution in [2.75, 3.05) is 0 Å². The third-order valence-electron chi connectivity index (χ3n) is 4.44. The van der Waals surface area contributed by atoms with E-state index < -0.39 is 0 Å². The summed E-state index contributed by atoms with van der Waals surface area (Å²) < 4.78 is 0. The van der Waals surface area contributed by atoms with Crippen LogP contribution < -0.4 is 0 Å². The highest BCUT2D eigenvalue weighted by molar-refractivity contribution is 6.00. The van der Waals surface area contributed by atoms with E-state index in [0.717, 1.165) is 43.8 Å². The number of rotatable bonds is 1. The zero-order valence-corrected chi connectivity index (χ0v) is 13.1. The van der Waals surface area contributed by atoms with Crippen LogP contribution in [0.25, 0.3) is 32.7 Å². The van der Waals surface area contributed by atoms with Crippen LogP contribution >= 0.6 is 0 Å². The third-order valence-corrected chi connectivity index (χ3v) is 4.44. The first-order valence-electron chi connectivity index (χ1n) is 7.80. The summed E-state index contributed by atoms with van der Waals surface area (Å²) in [7, 11) is 0. The molecule has 0 radical (unpaired) electrons. The maximum atomic E-state index is 5.86. The molecule has 4 aromatic rings. The molecule has 0 atom stereocenters. The first-order valence-corrected chi connectivity index (χ1v) is 7.80. The van der Waals surface area contributed by atoms with Gasteiger partial charge in [-0.25, -0.2) is 0 Å². The van der Waals surface area contributed by atoms with Crippen LogP contribution in [0.15, 0.2) is 72.8 Å². The van der Waals surface area contributed by atoms with Gasteiger partial charge in [0.1, 0.15) is 0 Å². The Bertz CT molecular complexity index is 1070. The third kappa shape index (κ3) is 2.06. The van der Waals surface area contributed by atoms with E-state index in [1.807, 2.05) is 24.3 Å². The average Bonchev–Trinajstić information content (AvgIpc) is 2.66. The lowest BCUT2D eigenvalue weighted by atomic mass is 9.89. The summed E-state index contributed by atoms with van der Waals surface area (Å²) in [6.45, 7) is 0. The van der Waals surface area contributed by atoms with Crippen LogP contribution in [0.3, 0.4) is 0 Å². The molecule has 110 valence electrons. The fraction of sp³-hybridized carbons (Fsp3) is 0. The summed E-state index contributed by atoms with van der Waals surface area (Å²) >= 11 is 0. The van der Waals surface area contributed by atoms with Gasteiger partial charge in [0.25, 0.3) is 0 Å². The molecule has 0 aliphatic heterocycles. The fourth-order valence-electron chi connectivity index (χ4n) is 3.30. The minimum atomic E-state index is 0.889. The Balaban J connectivity index is 2.11. The molecular formula is C24H14. The molecule has 0 fully saturated rings. The molecule has 4 rings (SSSR count). The molecule has 0 aromatic heterocycles. The molecule has 0 nitrogen and oxygen atoms in total. The molecule has 0 aliphatic rings. The molecule has 0 heteroatoms. The quantitative estimate of drug-likeness (QED) is 0.400. The van der Waals surface area contributed by atoms with Crippen molar-refractivity contribution in [2.24, 2.45) is 0 Å². The number of hydrogen-bond acceptors (Lipinski definition) is 0. The van der Waals surface area contributed by atoms with Crippen molar-refractivity contribution in [1.29, 1.82) is 0 Å². The van der Waals surface area contributed by atoms with E-state index in [1.165, 1.54) is 0 Å². The molecule has 4 aromatic carbocycles. The lowest BCUT2D eigenvalue weighted by molar-refractivity contribution is 1.62. The van der Waals surface area contributed by atoms with Gasteiger partial charge in [0, 0.05) is 11.1 Å². The van der Waals surface area contributed by atoms with E-state index in [2.05, 4.69) is 60.4 Å². The van der Waals surface area contributed by atoms with Crippen LogP contribution in [0.5, 0.6) is 0 Å². The molecule has 0 heterocycles. The summed E-state index contributed by atoms with van der Waals surface area (Å²) in [6.07, 6.45) is 11.7. The zero-order valence-electron chi connectivity index (χ0n) is 13.1. The van der Waals surface area contributed by atoms with Gasteiger partial charge in [-0.05, 0) is 32.7 Å². The van der Waals surface area contributed by atoms with E-state index in [1.54, 1.807) is 0 Å². The van der Waals surface area contributed by atoms with Gasteiger partial charge in [-0.1, -0.05) is 84.6 Å². The topological polar surface area (TPSA) is 0 Å². The Hall–Kier alpha value is -3.48. The van der Waals surface area contributed by atoms with Crippen LogP contribution in [0.2, 0.25) is 0 Å². The van der Waals surface area contributed by atoms with Crippen LogP contribution in [0.1, 0.15) is 11.1 Å². The summed E-state index contributed by atoms with van der Waals surface area (Å²) in [5.74, 6) is 5.74. The summed E-state index contributed by atoms with van der Waals surface area (Å²) in [6, 6.07) is 24.7. The highest BCUT2D eigenvalue weighted by Crippen LogP contribution is 2.34. The van der Waals surface area contributed by atoms with E-state index in [4.69, 9.17) is 12.8 Å². The van der Waals surface area contributed by atoms with E-state index in [9.17, 15) is 0 Å². The Morgan fingerprint density at radius 3 is 1.33 bits per heavy atom. The molecule has 0 unspecified atom stereocenters. The summed E-state index contributed by atoms with van der Waals surface area (Å²) in [4.78, 5) is 0. The van der Waals surface area contributed by atoms with Crippen molar-refractivity contribution < 1.29 is 0 Å². The minimum absolute atomic E-state index is 0.889. The van der Waals surface area contributed by atoms with Crippen molar-refractivity contribution in [3.05, 3.63) is 83.9 Å². The first-order chi connectivity index (χ1) is 11.8. The molecular weight excluding hydrogens is 288 g/mol. The number of benzene rings is 4. The number of fused-ring (bicyclic) bond motifs is 2. The summed E-state index contributed by atoms with van der Waals surface area (Å²) in [5, 5.41) is 4.43. The number of terminal acetylenes is 2. The van der Waals surface area contributed by atoms with Gasteiger partial charge in [0.15, 0.2) is 0 Å². The lowest BCUT2D eigenvalue weighted by Gasteiger charge is -2.13. The number of hydrogen-bond donors (Lipinski definition) is 0. The van der Waals surface area contributed by atoms with Crippen molar-refractivity contribution in [3.8, 4) is 35.8 Å². The summed E-state index contributed by atoms with van der Waals surface area (Å²) in [5.41, 5.74) is 3.80. The van der Waals surface area contributed by atoms with Gasteiger partial charge >= 0.3 is 0 Å². The second-order valence-electron chi connectivity index (χ2n) is 5.71. The Labute approximate surface area is 141 Å². The molecule has 0 spiro atoms. The minimum Gasteiger partial charge on any atom is -0.115 e. The maximum Gasteiger partial charge on any atom is 0.0399 e. The Morgan fingerprint density at radius 1 is 0.500 bits per heavy atom. The SMILES string of the molecule is C#Cc1c(-c2ccc3ccccc3c2C#C)ccc2ccccc12. The van der Waals surface area contributed by atoms with Gasteiger partial charge < -0.3 is 0 Å². The molecule has 0 bridgehead atoms. The lowest BCUT2D eigenvalue weighted by Crippen LogP contribution is -1.91. The zero-order chi connectivity index (χ0) is 16.5. The molecule has 0 amide bonds. The highest BCUT2D eigenvalue weighted by atomic mass is 14.1. The van der Waals surface area contributed by atoms with Crippen LogP contribution in [-0.4, -0.2) is 0 Å². The van der Waals surface area contributed by atoms with Gasteiger partial charge in [-0.3, -0.25) is 0 Å². The highest BCUT2D eigenvalue weighted by Gasteiger charge is 2.12. The van der Waals surface area contributed by atoms with Crippen LogP contribution in [-0.2, 0) is 0 Å². The van der Waals surface area contributed by atoms with Crippen molar-refractivity contribution in [2.45, 2.75) is 0 Å². The maximum absolute atomic E-state index is 5.86. The fourth-order valence-corrected chi connectivity index (χ4v) is 3.30. The second kappa shape index (κ2) is 5.62. The monoisotopic (exact) mass is 302 g/mol. The molecule has 24 heavy (non-hydrogen) atoms. The van der Waals surface area contributed by atoms with Gasteiger partial charge in [0.2, 0.25) is 0 Å². The van der Waals surface area contributed by atoms with E-state index in [0.29, 0.717) is 0 Å². The molecule has 0 saturated heterocycles. The largest absolute Gasteiger partial charge is 0.115 e. The standard InChI is InChI=1S/C24H14/c1-3-19-21-11-7-5-9-17(21)13-15-23(19)24-16-14-18-10-6-8-12-22(18)20(24)4-2/h1-2,5-16H. The molecule has 0 saturated carbocycles. The Morgan fingerprint density at radius 2 is 0.917 bits per heavy atom. The van der Waals surface area contributed by atoms with Crippen molar-refractivity contribution >= 4 is 21.5 Å².